The lowest BCUT2D eigenvalue weighted by molar-refractivity contribution is 0.135. The van der Waals surface area contributed by atoms with Crippen LogP contribution < -0.4 is 5.32 Å². The van der Waals surface area contributed by atoms with Gasteiger partial charge in [0.2, 0.25) is 0 Å². The van der Waals surface area contributed by atoms with Gasteiger partial charge in [-0.1, -0.05) is 48.0 Å². The molecule has 4 nitrogen and oxygen atoms in total. The fraction of sp³-hybridized carbons (Fsp3) is 0.381. The minimum Gasteiger partial charge on any atom is -0.338 e. The van der Waals surface area contributed by atoms with E-state index in [9.17, 15) is 9.18 Å². The van der Waals surface area contributed by atoms with E-state index in [1.54, 1.807) is 12.1 Å². The first kappa shape index (κ1) is 18.4. The van der Waals surface area contributed by atoms with Crippen molar-refractivity contribution in [1.82, 2.24) is 15.1 Å². The molecule has 0 unspecified atom stereocenters. The van der Waals surface area contributed by atoms with Crippen molar-refractivity contribution in [1.29, 1.82) is 0 Å². The van der Waals surface area contributed by atoms with Crippen LogP contribution >= 0.6 is 0 Å². The maximum Gasteiger partial charge on any atom is 0.317 e. The first-order valence-electron chi connectivity index (χ1n) is 9.16. The molecule has 0 spiro atoms. The van der Waals surface area contributed by atoms with Gasteiger partial charge in [-0.15, -0.1) is 0 Å². The van der Waals surface area contributed by atoms with Crippen LogP contribution in [0.3, 0.4) is 0 Å². The first-order valence-corrected chi connectivity index (χ1v) is 9.16. The fourth-order valence-corrected chi connectivity index (χ4v) is 3.29. The molecule has 1 aliphatic rings. The summed E-state index contributed by atoms with van der Waals surface area (Å²) in [5.41, 5.74) is 3.22. The van der Waals surface area contributed by atoms with Crippen molar-refractivity contribution in [3.63, 3.8) is 0 Å². The minimum atomic E-state index is -0.216. The van der Waals surface area contributed by atoms with Gasteiger partial charge in [-0.3, -0.25) is 4.90 Å². The second kappa shape index (κ2) is 8.81. The molecule has 2 aromatic rings. The predicted molar refractivity (Wildman–Crippen MR) is 102 cm³/mol. The van der Waals surface area contributed by atoms with Crippen LogP contribution in [0.4, 0.5) is 9.18 Å². The standard InChI is InChI=1S/C21H26FN3O/c1-17-5-4-6-18(15-17)16-24-11-13-25(14-12-24)21(26)23-10-9-19-7-2-3-8-20(19)22/h2-8,15H,9-14,16H2,1H3,(H,23,26). The molecule has 2 aromatic carbocycles. The molecule has 1 heterocycles. The number of nitrogens with one attached hydrogen (secondary N) is 1. The van der Waals surface area contributed by atoms with Crippen molar-refractivity contribution < 1.29 is 9.18 Å². The van der Waals surface area contributed by atoms with Crippen LogP contribution in [-0.4, -0.2) is 48.6 Å². The lowest BCUT2D eigenvalue weighted by Gasteiger charge is -2.34. The van der Waals surface area contributed by atoms with Gasteiger partial charge in [-0.25, -0.2) is 9.18 Å². The number of halogens is 1. The van der Waals surface area contributed by atoms with Crippen molar-refractivity contribution in [2.24, 2.45) is 0 Å². The largest absolute Gasteiger partial charge is 0.338 e. The third kappa shape index (κ3) is 5.05. The number of nitrogens with zero attached hydrogens (tertiary/aromatic N) is 2. The summed E-state index contributed by atoms with van der Waals surface area (Å²) in [6, 6.07) is 15.2. The van der Waals surface area contributed by atoms with Gasteiger partial charge in [0, 0.05) is 39.3 Å². The summed E-state index contributed by atoms with van der Waals surface area (Å²) in [6.07, 6.45) is 0.506. The average molecular weight is 355 g/mol. The molecule has 0 aliphatic carbocycles. The quantitative estimate of drug-likeness (QED) is 0.894. The van der Waals surface area contributed by atoms with Crippen LogP contribution in [-0.2, 0) is 13.0 Å². The molecular weight excluding hydrogens is 329 g/mol. The molecule has 5 heteroatoms. The maximum atomic E-state index is 13.6. The van der Waals surface area contributed by atoms with E-state index in [0.29, 0.717) is 18.5 Å². The summed E-state index contributed by atoms with van der Waals surface area (Å²) in [5, 5.41) is 2.90. The minimum absolute atomic E-state index is 0.0588. The van der Waals surface area contributed by atoms with E-state index >= 15 is 0 Å². The Labute approximate surface area is 154 Å². The second-order valence-corrected chi connectivity index (χ2v) is 6.83. The zero-order valence-electron chi connectivity index (χ0n) is 15.2. The molecule has 1 saturated heterocycles. The first-order chi connectivity index (χ1) is 12.6. The van der Waals surface area contributed by atoms with E-state index in [-0.39, 0.29) is 11.8 Å². The molecule has 2 amide bonds. The van der Waals surface area contributed by atoms with Crippen LogP contribution in [0.5, 0.6) is 0 Å². The van der Waals surface area contributed by atoms with Crippen molar-refractivity contribution in [3.05, 3.63) is 71.0 Å². The summed E-state index contributed by atoms with van der Waals surface area (Å²) in [6.45, 7) is 6.65. The third-order valence-corrected chi connectivity index (χ3v) is 4.78. The smallest absolute Gasteiger partial charge is 0.317 e. The summed E-state index contributed by atoms with van der Waals surface area (Å²) in [4.78, 5) is 16.5. The van der Waals surface area contributed by atoms with E-state index in [0.717, 1.165) is 32.7 Å². The average Bonchev–Trinajstić information content (AvgIpc) is 2.64. The maximum absolute atomic E-state index is 13.6. The zero-order chi connectivity index (χ0) is 18.4. The van der Waals surface area contributed by atoms with Gasteiger partial charge in [0.1, 0.15) is 5.82 Å². The van der Waals surface area contributed by atoms with Crippen molar-refractivity contribution in [2.45, 2.75) is 19.9 Å². The van der Waals surface area contributed by atoms with Gasteiger partial charge >= 0.3 is 6.03 Å². The Hall–Kier alpha value is -2.40. The van der Waals surface area contributed by atoms with Crippen molar-refractivity contribution in [2.75, 3.05) is 32.7 Å². The molecular formula is C21H26FN3O. The molecule has 0 bridgehead atoms. The highest BCUT2D eigenvalue weighted by Crippen LogP contribution is 2.11. The monoisotopic (exact) mass is 355 g/mol. The molecule has 0 saturated carbocycles. The molecule has 0 radical (unpaired) electrons. The Morgan fingerprint density at radius 2 is 1.85 bits per heavy atom. The van der Waals surface area contributed by atoms with E-state index in [1.165, 1.54) is 17.2 Å². The van der Waals surface area contributed by atoms with Gasteiger partial charge in [0.05, 0.1) is 0 Å². The van der Waals surface area contributed by atoms with E-state index in [1.807, 2.05) is 11.0 Å². The van der Waals surface area contributed by atoms with Crippen LogP contribution in [0, 0.1) is 12.7 Å². The Bertz CT molecular complexity index is 742. The Balaban J connectivity index is 1.40. The van der Waals surface area contributed by atoms with Crippen LogP contribution in [0.25, 0.3) is 0 Å². The number of aryl methyl sites for hydroxylation is 1. The topological polar surface area (TPSA) is 35.6 Å². The fourth-order valence-electron chi connectivity index (χ4n) is 3.29. The van der Waals surface area contributed by atoms with E-state index in [4.69, 9.17) is 0 Å². The molecule has 0 aromatic heterocycles. The third-order valence-electron chi connectivity index (χ3n) is 4.78. The highest BCUT2D eigenvalue weighted by atomic mass is 19.1. The Kier molecular flexibility index (Phi) is 6.23. The van der Waals surface area contributed by atoms with Crippen molar-refractivity contribution in [3.8, 4) is 0 Å². The number of hydrogen-bond acceptors (Lipinski definition) is 2. The zero-order valence-corrected chi connectivity index (χ0v) is 15.2. The summed E-state index contributed by atoms with van der Waals surface area (Å²) in [7, 11) is 0. The number of carbonyl (C=O) groups excluding carboxylic acids is 1. The summed E-state index contributed by atoms with van der Waals surface area (Å²) >= 11 is 0. The molecule has 1 aliphatic heterocycles. The van der Waals surface area contributed by atoms with E-state index in [2.05, 4.69) is 41.4 Å². The Morgan fingerprint density at radius 3 is 2.58 bits per heavy atom. The molecule has 26 heavy (non-hydrogen) atoms. The second-order valence-electron chi connectivity index (χ2n) is 6.83. The van der Waals surface area contributed by atoms with Gasteiger partial charge in [-0.05, 0) is 30.5 Å². The van der Waals surface area contributed by atoms with Gasteiger partial charge in [0.25, 0.3) is 0 Å². The normalized spacial score (nSPS) is 15.1. The Morgan fingerprint density at radius 1 is 1.08 bits per heavy atom. The predicted octanol–water partition coefficient (Wildman–Crippen LogP) is 3.20. The van der Waals surface area contributed by atoms with Gasteiger partial charge in [-0.2, -0.15) is 0 Å². The van der Waals surface area contributed by atoms with Gasteiger partial charge < -0.3 is 10.2 Å². The molecule has 138 valence electrons. The number of amides is 2. The number of rotatable bonds is 5. The number of piperazine rings is 1. The summed E-state index contributed by atoms with van der Waals surface area (Å²) < 4.78 is 13.6. The van der Waals surface area contributed by atoms with Crippen LogP contribution in [0.15, 0.2) is 48.5 Å². The van der Waals surface area contributed by atoms with Crippen LogP contribution in [0.2, 0.25) is 0 Å². The number of urea groups is 1. The molecule has 1 fully saturated rings. The molecule has 0 atom stereocenters. The number of hydrogen-bond donors (Lipinski definition) is 1. The van der Waals surface area contributed by atoms with E-state index < -0.39 is 0 Å². The van der Waals surface area contributed by atoms with Crippen LogP contribution in [0.1, 0.15) is 16.7 Å². The molecule has 3 rings (SSSR count). The lowest BCUT2D eigenvalue weighted by Crippen LogP contribution is -2.51. The number of benzene rings is 2. The number of carbonyl (C=O) groups is 1. The molecule has 1 N–H and O–H groups in total. The SMILES string of the molecule is Cc1cccc(CN2CCN(C(=O)NCCc3ccccc3F)CC2)c1. The highest BCUT2D eigenvalue weighted by Gasteiger charge is 2.20. The lowest BCUT2D eigenvalue weighted by atomic mass is 10.1. The van der Waals surface area contributed by atoms with Crippen molar-refractivity contribution >= 4 is 6.03 Å². The highest BCUT2D eigenvalue weighted by molar-refractivity contribution is 5.74. The van der Waals surface area contributed by atoms with Gasteiger partial charge in [0.15, 0.2) is 0 Å². The summed E-state index contributed by atoms with van der Waals surface area (Å²) in [5.74, 6) is -0.216.